The van der Waals surface area contributed by atoms with Crippen LogP contribution in [0.2, 0.25) is 0 Å². The number of hydrogen-bond acceptors (Lipinski definition) is 7. The van der Waals surface area contributed by atoms with Crippen LogP contribution < -0.4 is 20.1 Å². The number of imide groups is 1. The van der Waals surface area contributed by atoms with Gasteiger partial charge < -0.3 is 19.2 Å². The molecule has 0 aliphatic carbocycles. The maximum Gasteiger partial charge on any atom is 0.322 e. The van der Waals surface area contributed by atoms with Crippen molar-refractivity contribution in [1.82, 2.24) is 20.5 Å². The van der Waals surface area contributed by atoms with Gasteiger partial charge in [-0.15, -0.1) is 0 Å². The molecule has 0 unspecified atom stereocenters. The average molecular weight is 394 g/mol. The standard InChI is InChI=1S/C20H18N4O5/c1-27-14-5-4-13-9-24(11-28-15(13)8-14)10-20(18(25)22-19(26)23-20)16-7-12-3-2-6-21-17(12)29-16/h2-8H,9-11H2,1H3,(H2,22,23,25,26)/t20-/m0/s1. The van der Waals surface area contributed by atoms with Crippen molar-refractivity contribution < 1.29 is 23.5 Å². The van der Waals surface area contributed by atoms with E-state index in [2.05, 4.69) is 15.6 Å². The second-order valence-electron chi connectivity index (χ2n) is 7.06. The van der Waals surface area contributed by atoms with E-state index in [4.69, 9.17) is 13.9 Å². The quantitative estimate of drug-likeness (QED) is 0.649. The fraction of sp³-hybridized carbons (Fsp3) is 0.250. The molecule has 1 saturated heterocycles. The minimum absolute atomic E-state index is 0.176. The van der Waals surface area contributed by atoms with Gasteiger partial charge >= 0.3 is 6.03 Å². The Bertz CT molecular complexity index is 1090. The van der Waals surface area contributed by atoms with Crippen LogP contribution in [0.3, 0.4) is 0 Å². The van der Waals surface area contributed by atoms with Gasteiger partial charge in [0.05, 0.1) is 7.11 Å². The maximum absolute atomic E-state index is 12.8. The zero-order chi connectivity index (χ0) is 20.0. The number of carbonyl (C=O) groups is 2. The Kier molecular flexibility index (Phi) is 3.92. The first-order chi connectivity index (χ1) is 14.1. The van der Waals surface area contributed by atoms with Crippen molar-refractivity contribution in [3.63, 3.8) is 0 Å². The number of rotatable bonds is 4. The summed E-state index contributed by atoms with van der Waals surface area (Å²) >= 11 is 0. The molecule has 2 aliphatic heterocycles. The van der Waals surface area contributed by atoms with Crippen molar-refractivity contribution >= 4 is 23.0 Å². The van der Waals surface area contributed by atoms with Gasteiger partial charge in [0, 0.05) is 36.3 Å². The normalized spacial score (nSPS) is 21.4. The van der Waals surface area contributed by atoms with E-state index in [1.807, 2.05) is 29.2 Å². The molecule has 4 heterocycles. The SMILES string of the molecule is COc1ccc2c(c1)OCN(C[C@@]1(c3cc4cccnc4o3)NC(=O)NC1=O)C2. The highest BCUT2D eigenvalue weighted by molar-refractivity contribution is 6.07. The summed E-state index contributed by atoms with van der Waals surface area (Å²) in [4.78, 5) is 30.9. The van der Waals surface area contributed by atoms with Gasteiger partial charge in [0.25, 0.3) is 5.91 Å². The van der Waals surface area contributed by atoms with Crippen LogP contribution in [0.25, 0.3) is 11.1 Å². The molecule has 0 spiro atoms. The number of methoxy groups -OCH3 is 1. The zero-order valence-electron chi connectivity index (χ0n) is 15.6. The summed E-state index contributed by atoms with van der Waals surface area (Å²) in [6, 6.07) is 10.4. The van der Waals surface area contributed by atoms with Crippen LogP contribution in [0.1, 0.15) is 11.3 Å². The van der Waals surface area contributed by atoms with Crippen molar-refractivity contribution in [3.05, 3.63) is 53.9 Å². The molecule has 0 saturated carbocycles. The predicted molar refractivity (Wildman–Crippen MR) is 101 cm³/mol. The highest BCUT2D eigenvalue weighted by Crippen LogP contribution is 2.34. The van der Waals surface area contributed by atoms with Crippen molar-refractivity contribution in [2.24, 2.45) is 0 Å². The number of benzene rings is 1. The molecule has 9 heteroatoms. The Balaban J connectivity index is 1.48. The molecule has 0 bridgehead atoms. The Labute approximate surface area is 165 Å². The number of nitrogens with zero attached hydrogens (tertiary/aromatic N) is 2. The number of amides is 3. The first-order valence-electron chi connectivity index (χ1n) is 9.08. The molecule has 5 rings (SSSR count). The van der Waals surface area contributed by atoms with Crippen LogP contribution in [0.4, 0.5) is 4.79 Å². The zero-order valence-corrected chi connectivity index (χ0v) is 15.6. The summed E-state index contributed by atoms with van der Waals surface area (Å²) in [5, 5.41) is 5.82. The van der Waals surface area contributed by atoms with Crippen molar-refractivity contribution in [1.29, 1.82) is 0 Å². The fourth-order valence-corrected chi connectivity index (χ4v) is 3.75. The molecule has 2 aliphatic rings. The van der Waals surface area contributed by atoms with E-state index >= 15 is 0 Å². The lowest BCUT2D eigenvalue weighted by atomic mass is 9.95. The van der Waals surface area contributed by atoms with Crippen LogP contribution in [0.15, 0.2) is 47.0 Å². The summed E-state index contributed by atoms with van der Waals surface area (Å²) in [7, 11) is 1.60. The maximum atomic E-state index is 12.8. The van der Waals surface area contributed by atoms with Gasteiger partial charge in [-0.1, -0.05) is 6.07 Å². The highest BCUT2D eigenvalue weighted by atomic mass is 16.5. The van der Waals surface area contributed by atoms with Crippen LogP contribution in [-0.2, 0) is 16.9 Å². The third-order valence-corrected chi connectivity index (χ3v) is 5.19. The molecule has 148 valence electrons. The number of urea groups is 1. The smallest absolute Gasteiger partial charge is 0.322 e. The van der Waals surface area contributed by atoms with Crippen LogP contribution >= 0.6 is 0 Å². The molecule has 9 nitrogen and oxygen atoms in total. The van der Waals surface area contributed by atoms with Gasteiger partial charge in [-0.3, -0.25) is 15.0 Å². The number of ether oxygens (including phenoxy) is 2. The van der Waals surface area contributed by atoms with E-state index in [0.717, 1.165) is 16.7 Å². The van der Waals surface area contributed by atoms with E-state index in [0.29, 0.717) is 23.8 Å². The first kappa shape index (κ1) is 17.5. The van der Waals surface area contributed by atoms with E-state index in [1.54, 1.807) is 25.4 Å². The Hall–Kier alpha value is -3.59. The molecular weight excluding hydrogens is 376 g/mol. The van der Waals surface area contributed by atoms with Gasteiger partial charge in [-0.25, -0.2) is 9.78 Å². The molecule has 3 aromatic rings. The number of furan rings is 1. The molecule has 1 aromatic carbocycles. The first-order valence-corrected chi connectivity index (χ1v) is 9.08. The van der Waals surface area contributed by atoms with Crippen molar-refractivity contribution in [3.8, 4) is 11.5 Å². The van der Waals surface area contributed by atoms with Gasteiger partial charge in [-0.05, 0) is 24.3 Å². The minimum Gasteiger partial charge on any atom is -0.497 e. The second-order valence-corrected chi connectivity index (χ2v) is 7.06. The lowest BCUT2D eigenvalue weighted by Crippen LogP contribution is -2.53. The molecule has 2 aromatic heterocycles. The van der Waals surface area contributed by atoms with E-state index < -0.39 is 17.5 Å². The molecule has 1 fully saturated rings. The molecule has 3 amide bonds. The number of nitrogens with one attached hydrogen (secondary N) is 2. The van der Waals surface area contributed by atoms with Crippen LogP contribution in [0.5, 0.6) is 11.5 Å². The van der Waals surface area contributed by atoms with Crippen LogP contribution in [-0.4, -0.2) is 42.2 Å². The van der Waals surface area contributed by atoms with Crippen molar-refractivity contribution in [2.45, 2.75) is 12.1 Å². The van der Waals surface area contributed by atoms with Gasteiger partial charge in [-0.2, -0.15) is 0 Å². The highest BCUT2D eigenvalue weighted by Gasteiger charge is 2.51. The van der Waals surface area contributed by atoms with Gasteiger partial charge in [0.1, 0.15) is 24.0 Å². The minimum atomic E-state index is -1.37. The van der Waals surface area contributed by atoms with Gasteiger partial charge in [0.15, 0.2) is 5.54 Å². The molecule has 1 atom stereocenters. The Morgan fingerprint density at radius 1 is 1.28 bits per heavy atom. The largest absolute Gasteiger partial charge is 0.497 e. The summed E-state index contributed by atoms with van der Waals surface area (Å²) in [6.07, 6.45) is 1.61. The summed E-state index contributed by atoms with van der Waals surface area (Å²) < 4.78 is 16.9. The summed E-state index contributed by atoms with van der Waals surface area (Å²) in [5.74, 6) is 1.31. The third kappa shape index (κ3) is 2.87. The van der Waals surface area contributed by atoms with E-state index in [1.165, 1.54) is 0 Å². The number of hydrogen-bond donors (Lipinski definition) is 2. The number of fused-ring (bicyclic) bond motifs is 2. The lowest BCUT2D eigenvalue weighted by molar-refractivity contribution is -0.126. The molecular formula is C20H18N4O5. The topological polar surface area (TPSA) is 106 Å². The second kappa shape index (κ2) is 6.49. The molecule has 29 heavy (non-hydrogen) atoms. The Morgan fingerprint density at radius 3 is 2.93 bits per heavy atom. The predicted octanol–water partition coefficient (Wildman–Crippen LogP) is 1.72. The fourth-order valence-electron chi connectivity index (χ4n) is 3.75. The summed E-state index contributed by atoms with van der Waals surface area (Å²) in [5.41, 5.74) is -0.00292. The van der Waals surface area contributed by atoms with Gasteiger partial charge in [0.2, 0.25) is 5.71 Å². The number of carbonyl (C=O) groups excluding carboxylic acids is 2. The third-order valence-electron chi connectivity index (χ3n) is 5.19. The Morgan fingerprint density at radius 2 is 2.17 bits per heavy atom. The molecule has 0 radical (unpaired) electrons. The number of aromatic nitrogens is 1. The van der Waals surface area contributed by atoms with Crippen LogP contribution in [0, 0.1) is 0 Å². The molecule has 2 N–H and O–H groups in total. The van der Waals surface area contributed by atoms with E-state index in [9.17, 15) is 9.59 Å². The monoisotopic (exact) mass is 394 g/mol. The van der Waals surface area contributed by atoms with Crippen molar-refractivity contribution in [2.75, 3.05) is 20.4 Å². The lowest BCUT2D eigenvalue weighted by Gasteiger charge is -2.34. The van der Waals surface area contributed by atoms with E-state index in [-0.39, 0.29) is 13.3 Å². The average Bonchev–Trinajstić information content (AvgIpc) is 3.28. The number of pyridine rings is 1. The summed E-state index contributed by atoms with van der Waals surface area (Å²) in [6.45, 7) is 0.974.